The number of alkyl halides is 3. The molecule has 0 aromatic carbocycles. The minimum absolute atomic E-state index is 0.0358. The molecular weight excluding hydrogens is 221 g/mol. The van der Waals surface area contributed by atoms with Gasteiger partial charge < -0.3 is 4.74 Å². The van der Waals surface area contributed by atoms with Gasteiger partial charge in [0.2, 0.25) is 5.90 Å². The van der Waals surface area contributed by atoms with Crippen LogP contribution in [0.3, 0.4) is 0 Å². The lowest BCUT2D eigenvalue weighted by Crippen LogP contribution is -2.09. The van der Waals surface area contributed by atoms with E-state index in [1.807, 2.05) is 6.92 Å². The molecule has 0 saturated heterocycles. The molecule has 1 unspecified atom stereocenters. The second-order valence-electron chi connectivity index (χ2n) is 3.52. The van der Waals surface area contributed by atoms with Gasteiger partial charge >= 0.3 is 6.18 Å². The van der Waals surface area contributed by atoms with Crippen molar-refractivity contribution < 1.29 is 17.9 Å². The number of ether oxygens (including phenoxy) is 1. The summed E-state index contributed by atoms with van der Waals surface area (Å²) in [6, 6.07) is 1.82. The zero-order valence-corrected chi connectivity index (χ0v) is 8.45. The Bertz CT molecular complexity index is 428. The minimum Gasteiger partial charge on any atom is -0.474 e. The van der Waals surface area contributed by atoms with Gasteiger partial charge in [-0.05, 0) is 19.1 Å². The maximum Gasteiger partial charge on any atom is 0.416 e. The minimum atomic E-state index is -4.37. The van der Waals surface area contributed by atoms with Crippen LogP contribution in [0, 0.1) is 0 Å². The normalized spacial score (nSPS) is 20.5. The molecule has 0 fully saturated rings. The number of aromatic nitrogens is 1. The number of pyridine rings is 1. The Hall–Kier alpha value is -1.59. The molecule has 2 rings (SSSR count). The average molecular weight is 230 g/mol. The first-order valence-corrected chi connectivity index (χ1v) is 4.71. The zero-order valence-electron chi connectivity index (χ0n) is 8.45. The fraction of sp³-hybridized carbons (Fsp3) is 0.400. The molecule has 3 nitrogen and oxygen atoms in total. The molecule has 0 bridgehead atoms. The molecule has 0 N–H and O–H groups in total. The highest BCUT2D eigenvalue weighted by atomic mass is 19.4. The molecule has 86 valence electrons. The van der Waals surface area contributed by atoms with Crippen molar-refractivity contribution in [3.05, 3.63) is 29.6 Å². The van der Waals surface area contributed by atoms with Crippen LogP contribution in [-0.4, -0.2) is 23.5 Å². The van der Waals surface area contributed by atoms with Gasteiger partial charge in [-0.1, -0.05) is 0 Å². The quantitative estimate of drug-likeness (QED) is 0.741. The Morgan fingerprint density at radius 1 is 1.44 bits per heavy atom. The van der Waals surface area contributed by atoms with E-state index in [4.69, 9.17) is 4.74 Å². The van der Waals surface area contributed by atoms with Crippen LogP contribution in [-0.2, 0) is 10.9 Å². The van der Waals surface area contributed by atoms with E-state index >= 15 is 0 Å². The molecule has 0 aliphatic carbocycles. The second kappa shape index (κ2) is 3.77. The number of hydrogen-bond donors (Lipinski definition) is 0. The van der Waals surface area contributed by atoms with E-state index in [1.54, 1.807) is 0 Å². The van der Waals surface area contributed by atoms with Crippen LogP contribution in [0.25, 0.3) is 0 Å². The van der Waals surface area contributed by atoms with Gasteiger partial charge in [0.1, 0.15) is 12.3 Å². The third kappa shape index (κ3) is 2.15. The second-order valence-corrected chi connectivity index (χ2v) is 3.52. The lowest BCUT2D eigenvalue weighted by Gasteiger charge is -2.07. The maximum atomic E-state index is 12.4. The monoisotopic (exact) mass is 230 g/mol. The fourth-order valence-electron chi connectivity index (χ4n) is 1.34. The van der Waals surface area contributed by atoms with Gasteiger partial charge in [-0.3, -0.25) is 4.98 Å². The summed E-state index contributed by atoms with van der Waals surface area (Å²) < 4.78 is 42.4. The highest BCUT2D eigenvalue weighted by Crippen LogP contribution is 2.29. The van der Waals surface area contributed by atoms with Gasteiger partial charge in [0.05, 0.1) is 11.6 Å². The summed E-state index contributed by atoms with van der Waals surface area (Å²) >= 11 is 0. The predicted molar refractivity (Wildman–Crippen MR) is 51.2 cm³/mol. The summed E-state index contributed by atoms with van der Waals surface area (Å²) in [5.74, 6) is 0.179. The van der Waals surface area contributed by atoms with Crippen molar-refractivity contribution in [1.82, 2.24) is 4.98 Å². The van der Waals surface area contributed by atoms with Crippen LogP contribution in [0.2, 0.25) is 0 Å². The maximum absolute atomic E-state index is 12.4. The summed E-state index contributed by atoms with van der Waals surface area (Å²) in [7, 11) is 0. The molecule has 0 radical (unpaired) electrons. The number of aliphatic imine (C=N–C) groups is 1. The molecule has 0 spiro atoms. The van der Waals surface area contributed by atoms with Crippen molar-refractivity contribution in [2.24, 2.45) is 4.99 Å². The van der Waals surface area contributed by atoms with Crippen molar-refractivity contribution in [1.29, 1.82) is 0 Å². The standard InChI is InChI=1S/C10H9F3N2O/c1-6-5-16-9(15-6)8-4-7(2-3-14-8)10(11,12)13/h2-4,6H,5H2,1H3. The van der Waals surface area contributed by atoms with Gasteiger partial charge in [-0.15, -0.1) is 0 Å². The summed E-state index contributed by atoms with van der Waals surface area (Å²) in [6.07, 6.45) is -3.27. The van der Waals surface area contributed by atoms with Crippen molar-refractivity contribution in [3.63, 3.8) is 0 Å². The van der Waals surface area contributed by atoms with E-state index in [-0.39, 0.29) is 17.6 Å². The first-order chi connectivity index (χ1) is 7.47. The smallest absolute Gasteiger partial charge is 0.416 e. The molecule has 1 atom stereocenters. The van der Waals surface area contributed by atoms with E-state index in [2.05, 4.69) is 9.98 Å². The molecule has 2 heterocycles. The zero-order chi connectivity index (χ0) is 11.8. The largest absolute Gasteiger partial charge is 0.474 e. The van der Waals surface area contributed by atoms with E-state index in [0.717, 1.165) is 18.3 Å². The van der Waals surface area contributed by atoms with Gasteiger partial charge in [0.25, 0.3) is 0 Å². The first-order valence-electron chi connectivity index (χ1n) is 4.71. The lowest BCUT2D eigenvalue weighted by atomic mass is 10.2. The SMILES string of the molecule is CC1COC(c2cc(C(F)(F)F)ccn2)=N1. The molecule has 0 saturated carbocycles. The highest BCUT2D eigenvalue weighted by Gasteiger charge is 2.31. The summed E-state index contributed by atoms with van der Waals surface area (Å²) in [5.41, 5.74) is -0.623. The van der Waals surface area contributed by atoms with Crippen LogP contribution in [0.4, 0.5) is 13.2 Å². The van der Waals surface area contributed by atoms with Crippen molar-refractivity contribution in [2.75, 3.05) is 6.61 Å². The van der Waals surface area contributed by atoms with Gasteiger partial charge in [0, 0.05) is 6.20 Å². The Morgan fingerprint density at radius 3 is 2.75 bits per heavy atom. The number of halogens is 3. The lowest BCUT2D eigenvalue weighted by molar-refractivity contribution is -0.137. The van der Waals surface area contributed by atoms with E-state index < -0.39 is 11.7 Å². The average Bonchev–Trinajstić information content (AvgIpc) is 2.64. The van der Waals surface area contributed by atoms with Crippen LogP contribution in [0.1, 0.15) is 18.2 Å². The van der Waals surface area contributed by atoms with Crippen molar-refractivity contribution in [3.8, 4) is 0 Å². The van der Waals surface area contributed by atoms with Gasteiger partial charge in [-0.2, -0.15) is 13.2 Å². The Balaban J connectivity index is 2.33. The third-order valence-corrected chi connectivity index (χ3v) is 2.11. The Kier molecular flexibility index (Phi) is 2.57. The van der Waals surface area contributed by atoms with E-state index in [9.17, 15) is 13.2 Å². The fourth-order valence-corrected chi connectivity index (χ4v) is 1.34. The van der Waals surface area contributed by atoms with Crippen LogP contribution >= 0.6 is 0 Å². The number of nitrogens with zero attached hydrogens (tertiary/aromatic N) is 2. The number of rotatable bonds is 1. The molecular formula is C10H9F3N2O. The van der Waals surface area contributed by atoms with E-state index in [0.29, 0.717) is 6.61 Å². The van der Waals surface area contributed by atoms with Crippen LogP contribution in [0.15, 0.2) is 23.3 Å². The number of hydrogen-bond acceptors (Lipinski definition) is 3. The molecule has 0 amide bonds. The van der Waals surface area contributed by atoms with Crippen LogP contribution < -0.4 is 0 Å². The molecule has 1 aliphatic rings. The Labute approximate surface area is 90.0 Å². The first kappa shape index (κ1) is 10.9. The molecule has 1 aromatic heterocycles. The molecule has 6 heteroatoms. The van der Waals surface area contributed by atoms with Gasteiger partial charge in [-0.25, -0.2) is 4.99 Å². The van der Waals surface area contributed by atoms with Crippen LogP contribution in [0.5, 0.6) is 0 Å². The molecule has 1 aliphatic heterocycles. The van der Waals surface area contributed by atoms with Crippen molar-refractivity contribution >= 4 is 5.90 Å². The highest BCUT2D eigenvalue weighted by molar-refractivity contribution is 5.93. The third-order valence-electron chi connectivity index (χ3n) is 2.11. The topological polar surface area (TPSA) is 34.5 Å². The summed E-state index contributed by atoms with van der Waals surface area (Å²) in [6.45, 7) is 2.20. The predicted octanol–water partition coefficient (Wildman–Crippen LogP) is 2.27. The van der Waals surface area contributed by atoms with E-state index in [1.165, 1.54) is 0 Å². The Morgan fingerprint density at radius 2 is 2.19 bits per heavy atom. The molecule has 1 aromatic rings. The van der Waals surface area contributed by atoms with Crippen molar-refractivity contribution in [2.45, 2.75) is 19.1 Å². The molecule has 16 heavy (non-hydrogen) atoms. The summed E-state index contributed by atoms with van der Waals surface area (Å²) in [5, 5.41) is 0. The van der Waals surface area contributed by atoms with Gasteiger partial charge in [0.15, 0.2) is 0 Å². The summed E-state index contributed by atoms with van der Waals surface area (Å²) in [4.78, 5) is 7.86.